The molecule has 0 spiro atoms. The largest absolute Gasteiger partial charge is 0.370 e. The van der Waals surface area contributed by atoms with Crippen LogP contribution in [0.4, 0.5) is 5.69 Å². The lowest BCUT2D eigenvalue weighted by Crippen LogP contribution is -2.36. The summed E-state index contributed by atoms with van der Waals surface area (Å²) in [5.74, 6) is 1.10. The van der Waals surface area contributed by atoms with Gasteiger partial charge in [0.15, 0.2) is 5.96 Å². The van der Waals surface area contributed by atoms with Crippen LogP contribution in [0.2, 0.25) is 0 Å². The number of hydrogen-bond donors (Lipinski definition) is 2. The van der Waals surface area contributed by atoms with Gasteiger partial charge in [0.2, 0.25) is 0 Å². The van der Waals surface area contributed by atoms with Crippen LogP contribution in [0.25, 0.3) is 0 Å². The summed E-state index contributed by atoms with van der Waals surface area (Å²) in [5.41, 5.74) is 8.26. The van der Waals surface area contributed by atoms with Gasteiger partial charge in [-0.25, -0.2) is 0 Å². The van der Waals surface area contributed by atoms with Gasteiger partial charge in [-0.1, -0.05) is 23.8 Å². The molecule has 0 amide bonds. The molecule has 1 unspecified atom stereocenters. The summed E-state index contributed by atoms with van der Waals surface area (Å²) in [6.45, 7) is 6.24. The molecule has 0 radical (unpaired) electrons. The summed E-state index contributed by atoms with van der Waals surface area (Å²) < 4.78 is 0. The van der Waals surface area contributed by atoms with E-state index in [4.69, 9.17) is 5.73 Å². The molecule has 24 heavy (non-hydrogen) atoms. The maximum Gasteiger partial charge on any atom is 0.193 e. The van der Waals surface area contributed by atoms with Gasteiger partial charge in [-0.2, -0.15) is 0 Å². The number of piperidine rings is 1. The number of aryl methyl sites for hydroxylation is 1. The second-order valence-corrected chi connectivity index (χ2v) is 7.57. The molecule has 3 rings (SSSR count). The van der Waals surface area contributed by atoms with Crippen LogP contribution in [-0.4, -0.2) is 30.5 Å². The molecule has 1 aliphatic heterocycles. The Labute approximate surface area is 148 Å². The summed E-state index contributed by atoms with van der Waals surface area (Å²) in [7, 11) is 0. The van der Waals surface area contributed by atoms with E-state index in [0.717, 1.165) is 25.3 Å². The van der Waals surface area contributed by atoms with Gasteiger partial charge in [0.25, 0.3) is 0 Å². The predicted molar refractivity (Wildman–Crippen MR) is 104 cm³/mol. The summed E-state index contributed by atoms with van der Waals surface area (Å²) in [6.07, 6.45) is 2.49. The molecule has 2 aromatic rings. The summed E-state index contributed by atoms with van der Waals surface area (Å²) in [5, 5.41) is 5.32. The van der Waals surface area contributed by atoms with Gasteiger partial charge >= 0.3 is 0 Å². The Hall–Kier alpha value is -1.85. The minimum atomic E-state index is 0.509. The van der Waals surface area contributed by atoms with Crippen LogP contribution in [0.5, 0.6) is 0 Å². The van der Waals surface area contributed by atoms with Crippen LogP contribution in [0.15, 0.2) is 46.8 Å². The Balaban J connectivity index is 1.48. The smallest absolute Gasteiger partial charge is 0.193 e. The topological polar surface area (TPSA) is 53.6 Å². The van der Waals surface area contributed by atoms with Crippen molar-refractivity contribution in [3.05, 3.63) is 52.2 Å². The number of nitrogens with one attached hydrogen (secondary N) is 1. The molecule has 4 nitrogen and oxygen atoms in total. The second kappa shape index (κ2) is 8.31. The molecule has 0 aliphatic carbocycles. The monoisotopic (exact) mass is 342 g/mol. The number of thiophene rings is 1. The van der Waals surface area contributed by atoms with Gasteiger partial charge < -0.3 is 11.1 Å². The van der Waals surface area contributed by atoms with Gasteiger partial charge in [0.05, 0.1) is 0 Å². The van der Waals surface area contributed by atoms with Gasteiger partial charge in [-0.3, -0.25) is 9.89 Å². The molecule has 2 heterocycles. The zero-order valence-electron chi connectivity index (χ0n) is 14.2. The van der Waals surface area contributed by atoms with Crippen molar-refractivity contribution in [2.45, 2.75) is 26.3 Å². The molecule has 0 saturated carbocycles. The minimum absolute atomic E-state index is 0.509. The summed E-state index contributed by atoms with van der Waals surface area (Å²) in [4.78, 5) is 8.54. The van der Waals surface area contributed by atoms with Crippen molar-refractivity contribution >= 4 is 23.0 Å². The second-order valence-electron chi connectivity index (χ2n) is 6.54. The molecule has 1 atom stereocenters. The molecule has 1 aromatic carbocycles. The number of likely N-dealkylation sites (tertiary alicyclic amines) is 1. The van der Waals surface area contributed by atoms with Gasteiger partial charge in [-0.15, -0.1) is 11.3 Å². The van der Waals surface area contributed by atoms with Gasteiger partial charge in [0.1, 0.15) is 0 Å². The Kier molecular flexibility index (Phi) is 5.88. The lowest BCUT2D eigenvalue weighted by atomic mass is 9.98. The highest BCUT2D eigenvalue weighted by molar-refractivity contribution is 7.09. The third kappa shape index (κ3) is 5.08. The van der Waals surface area contributed by atoms with E-state index >= 15 is 0 Å². The van der Waals surface area contributed by atoms with Crippen LogP contribution < -0.4 is 11.1 Å². The molecule has 1 aromatic heterocycles. The molecule has 1 saturated heterocycles. The lowest BCUT2D eigenvalue weighted by Gasteiger charge is -2.31. The highest BCUT2D eigenvalue weighted by Gasteiger charge is 2.20. The van der Waals surface area contributed by atoms with Crippen molar-refractivity contribution in [1.29, 1.82) is 0 Å². The third-order valence-corrected chi connectivity index (χ3v) is 5.27. The fraction of sp³-hybridized carbons (Fsp3) is 0.421. The molecule has 128 valence electrons. The Morgan fingerprint density at radius 3 is 2.92 bits per heavy atom. The van der Waals surface area contributed by atoms with Crippen molar-refractivity contribution in [3.8, 4) is 0 Å². The molecule has 0 bridgehead atoms. The number of guanidine groups is 1. The normalized spacial score (nSPS) is 19.4. The third-order valence-electron chi connectivity index (χ3n) is 4.41. The van der Waals surface area contributed by atoms with Gasteiger partial charge in [-0.05, 0) is 55.8 Å². The summed E-state index contributed by atoms with van der Waals surface area (Å²) in [6, 6.07) is 12.5. The zero-order valence-corrected chi connectivity index (χ0v) is 15.1. The molecule has 1 aliphatic rings. The van der Waals surface area contributed by atoms with Crippen LogP contribution in [0.3, 0.4) is 0 Å². The maximum atomic E-state index is 6.03. The number of aliphatic imine (C=N–C) groups is 1. The van der Waals surface area contributed by atoms with E-state index in [2.05, 4.69) is 51.8 Å². The first-order valence-electron chi connectivity index (χ1n) is 8.57. The Bertz CT molecular complexity index is 649. The summed E-state index contributed by atoms with van der Waals surface area (Å²) >= 11 is 1.84. The fourth-order valence-corrected chi connectivity index (χ4v) is 3.86. The van der Waals surface area contributed by atoms with Crippen molar-refractivity contribution in [2.75, 3.05) is 25.0 Å². The number of hydrogen-bond acceptors (Lipinski definition) is 3. The van der Waals surface area contributed by atoms with Crippen molar-refractivity contribution in [3.63, 3.8) is 0 Å². The van der Waals surface area contributed by atoms with Crippen LogP contribution in [-0.2, 0) is 6.54 Å². The Morgan fingerprint density at radius 1 is 1.33 bits per heavy atom. The SMILES string of the molecule is Cc1ccc(NC(N)=NCC2CCCN(Cc3cccs3)C2)cc1. The first-order chi connectivity index (χ1) is 11.7. The van der Waals surface area contributed by atoms with E-state index in [-0.39, 0.29) is 0 Å². The number of anilines is 1. The quantitative estimate of drug-likeness (QED) is 0.643. The number of nitrogens with zero attached hydrogens (tertiary/aromatic N) is 2. The first-order valence-corrected chi connectivity index (χ1v) is 9.45. The van der Waals surface area contributed by atoms with Crippen LogP contribution in [0, 0.1) is 12.8 Å². The van der Waals surface area contributed by atoms with E-state index in [1.54, 1.807) is 0 Å². The highest BCUT2D eigenvalue weighted by Crippen LogP contribution is 2.20. The highest BCUT2D eigenvalue weighted by atomic mass is 32.1. The predicted octanol–water partition coefficient (Wildman–Crippen LogP) is 3.70. The molecule has 3 N–H and O–H groups in total. The number of rotatable bonds is 5. The number of benzene rings is 1. The molecule has 5 heteroatoms. The van der Waals surface area contributed by atoms with E-state index in [0.29, 0.717) is 11.9 Å². The van der Waals surface area contributed by atoms with Gasteiger partial charge in [0, 0.05) is 30.2 Å². The molecular formula is C19H26N4S. The van der Waals surface area contributed by atoms with Crippen LogP contribution >= 0.6 is 11.3 Å². The van der Waals surface area contributed by atoms with Crippen molar-refractivity contribution in [1.82, 2.24) is 4.90 Å². The average molecular weight is 343 g/mol. The molecule has 1 fully saturated rings. The first kappa shape index (κ1) is 17.0. The maximum absolute atomic E-state index is 6.03. The van der Waals surface area contributed by atoms with Crippen LogP contribution in [0.1, 0.15) is 23.3 Å². The van der Waals surface area contributed by atoms with E-state index in [1.807, 2.05) is 23.5 Å². The number of nitrogens with two attached hydrogens (primary N) is 1. The van der Waals surface area contributed by atoms with Crippen molar-refractivity contribution in [2.24, 2.45) is 16.6 Å². The fourth-order valence-electron chi connectivity index (χ4n) is 3.12. The Morgan fingerprint density at radius 2 is 2.17 bits per heavy atom. The van der Waals surface area contributed by atoms with E-state index in [9.17, 15) is 0 Å². The lowest BCUT2D eigenvalue weighted by molar-refractivity contribution is 0.172. The van der Waals surface area contributed by atoms with E-state index in [1.165, 1.54) is 29.8 Å². The molecular weight excluding hydrogens is 316 g/mol. The minimum Gasteiger partial charge on any atom is -0.370 e. The average Bonchev–Trinajstić information content (AvgIpc) is 3.08. The van der Waals surface area contributed by atoms with E-state index < -0.39 is 0 Å². The zero-order chi connectivity index (χ0) is 16.8. The standard InChI is InChI=1S/C19H26N4S/c1-15-6-8-17(9-7-15)22-19(20)21-12-16-4-2-10-23(13-16)14-18-5-3-11-24-18/h3,5-9,11,16H,2,4,10,12-14H2,1H3,(H3,20,21,22). The van der Waals surface area contributed by atoms with Crippen molar-refractivity contribution < 1.29 is 0 Å².